The quantitative estimate of drug-likeness (QED) is 0.589. The molecular weight excluding hydrogens is 271 g/mol. The molecule has 7 heteroatoms. The van der Waals surface area contributed by atoms with Gasteiger partial charge in [0.1, 0.15) is 0 Å². The van der Waals surface area contributed by atoms with Gasteiger partial charge in [-0.25, -0.2) is 18.4 Å². The van der Waals surface area contributed by atoms with Crippen molar-refractivity contribution in [2.75, 3.05) is 17.4 Å². The number of rotatable bonds is 6. The van der Waals surface area contributed by atoms with Crippen LogP contribution in [0.5, 0.6) is 0 Å². The van der Waals surface area contributed by atoms with Crippen molar-refractivity contribution in [1.29, 1.82) is 0 Å². The van der Waals surface area contributed by atoms with Gasteiger partial charge >= 0.3 is 0 Å². The predicted octanol–water partition coefficient (Wildman–Crippen LogP) is 1.72. The molecule has 0 spiro atoms. The van der Waals surface area contributed by atoms with E-state index in [0.717, 1.165) is 0 Å². The third-order valence-electron chi connectivity index (χ3n) is 1.94. The SMILES string of the molecule is O=S(=O)(CCCCl)CCc1ccnc(Cl)n1. The molecule has 1 aromatic rings. The molecule has 0 unspecified atom stereocenters. The fourth-order valence-electron chi connectivity index (χ4n) is 1.15. The first-order valence-corrected chi connectivity index (χ1v) is 7.51. The molecule has 0 aliphatic heterocycles. The van der Waals surface area contributed by atoms with Crippen LogP contribution in [-0.2, 0) is 16.3 Å². The molecule has 0 saturated carbocycles. The molecule has 0 aliphatic carbocycles. The Hall–Kier alpha value is -0.390. The summed E-state index contributed by atoms with van der Waals surface area (Å²) >= 11 is 11.0. The summed E-state index contributed by atoms with van der Waals surface area (Å²) in [5.41, 5.74) is 0.634. The van der Waals surface area contributed by atoms with Crippen molar-refractivity contribution in [1.82, 2.24) is 9.97 Å². The molecule has 0 bridgehead atoms. The molecule has 0 radical (unpaired) electrons. The third-order valence-corrected chi connectivity index (χ3v) is 4.13. The van der Waals surface area contributed by atoms with Gasteiger partial charge in [-0.1, -0.05) is 0 Å². The number of aromatic nitrogens is 2. The number of aryl methyl sites for hydroxylation is 1. The van der Waals surface area contributed by atoms with Gasteiger partial charge in [0.25, 0.3) is 0 Å². The highest BCUT2D eigenvalue weighted by atomic mass is 35.5. The maximum Gasteiger partial charge on any atom is 0.222 e. The molecule has 90 valence electrons. The van der Waals surface area contributed by atoms with Crippen LogP contribution < -0.4 is 0 Å². The topological polar surface area (TPSA) is 59.9 Å². The fraction of sp³-hybridized carbons (Fsp3) is 0.556. The minimum absolute atomic E-state index is 0.0667. The second-order valence-corrected chi connectivity index (χ2v) is 6.28. The lowest BCUT2D eigenvalue weighted by Gasteiger charge is -2.02. The van der Waals surface area contributed by atoms with Crippen molar-refractivity contribution in [3.63, 3.8) is 0 Å². The Labute approximate surface area is 105 Å². The number of sulfone groups is 1. The van der Waals surface area contributed by atoms with Gasteiger partial charge in [-0.05, 0) is 24.1 Å². The first-order chi connectivity index (χ1) is 7.53. The summed E-state index contributed by atoms with van der Waals surface area (Å²) in [6, 6.07) is 1.66. The predicted molar refractivity (Wildman–Crippen MR) is 64.7 cm³/mol. The normalized spacial score (nSPS) is 11.6. The zero-order valence-corrected chi connectivity index (χ0v) is 10.9. The van der Waals surface area contributed by atoms with Gasteiger partial charge < -0.3 is 0 Å². The van der Waals surface area contributed by atoms with Gasteiger partial charge in [-0.3, -0.25) is 0 Å². The van der Waals surface area contributed by atoms with E-state index in [-0.39, 0.29) is 16.8 Å². The summed E-state index contributed by atoms with van der Waals surface area (Å²) in [5.74, 6) is 0.547. The molecular formula is C9H12Cl2N2O2S. The standard InChI is InChI=1S/C9H12Cl2N2O2S/c10-4-1-6-16(14,15)7-3-8-2-5-12-9(11)13-8/h2,5H,1,3-4,6-7H2. The van der Waals surface area contributed by atoms with Crippen molar-refractivity contribution < 1.29 is 8.42 Å². The van der Waals surface area contributed by atoms with Crippen LogP contribution in [0.3, 0.4) is 0 Å². The van der Waals surface area contributed by atoms with Gasteiger partial charge in [0.15, 0.2) is 9.84 Å². The summed E-state index contributed by atoms with van der Waals surface area (Å²) in [7, 11) is -3.04. The molecule has 1 heterocycles. The second-order valence-electron chi connectivity index (χ2n) is 3.26. The molecule has 4 nitrogen and oxygen atoms in total. The van der Waals surface area contributed by atoms with Crippen LogP contribution in [0.1, 0.15) is 12.1 Å². The van der Waals surface area contributed by atoms with E-state index < -0.39 is 9.84 Å². The largest absolute Gasteiger partial charge is 0.229 e. The smallest absolute Gasteiger partial charge is 0.222 e. The van der Waals surface area contributed by atoms with Gasteiger partial charge in [0.2, 0.25) is 5.28 Å². The molecule has 16 heavy (non-hydrogen) atoms. The Morgan fingerprint density at radius 3 is 2.69 bits per heavy atom. The zero-order valence-electron chi connectivity index (χ0n) is 8.57. The zero-order chi connectivity index (χ0) is 12.0. The van der Waals surface area contributed by atoms with Gasteiger partial charge in [-0.15, -0.1) is 11.6 Å². The van der Waals surface area contributed by atoms with Crippen molar-refractivity contribution in [2.24, 2.45) is 0 Å². The molecule has 1 aromatic heterocycles. The van der Waals surface area contributed by atoms with E-state index in [1.165, 1.54) is 6.20 Å². The van der Waals surface area contributed by atoms with Crippen molar-refractivity contribution in [3.8, 4) is 0 Å². The van der Waals surface area contributed by atoms with Crippen LogP contribution in [0.2, 0.25) is 5.28 Å². The number of hydrogen-bond donors (Lipinski definition) is 0. The van der Waals surface area contributed by atoms with E-state index in [9.17, 15) is 8.42 Å². The fourth-order valence-corrected chi connectivity index (χ4v) is 2.91. The monoisotopic (exact) mass is 282 g/mol. The van der Waals surface area contributed by atoms with Crippen LogP contribution in [-0.4, -0.2) is 35.8 Å². The Balaban J connectivity index is 2.51. The summed E-state index contributed by atoms with van der Waals surface area (Å²) < 4.78 is 23.0. The van der Waals surface area contributed by atoms with E-state index in [4.69, 9.17) is 23.2 Å². The average Bonchev–Trinajstić information content (AvgIpc) is 2.24. The van der Waals surface area contributed by atoms with Gasteiger partial charge in [0, 0.05) is 24.2 Å². The number of halogens is 2. The lowest BCUT2D eigenvalue weighted by Crippen LogP contribution is -2.14. The van der Waals surface area contributed by atoms with Crippen LogP contribution in [0.15, 0.2) is 12.3 Å². The first kappa shape index (κ1) is 13.7. The van der Waals surface area contributed by atoms with Crippen LogP contribution >= 0.6 is 23.2 Å². The number of hydrogen-bond acceptors (Lipinski definition) is 4. The Kier molecular flexibility index (Phi) is 5.44. The molecule has 1 rings (SSSR count). The van der Waals surface area contributed by atoms with Gasteiger partial charge in [0.05, 0.1) is 11.5 Å². The summed E-state index contributed by atoms with van der Waals surface area (Å²) in [6.45, 7) is 0. The van der Waals surface area contributed by atoms with Crippen LogP contribution in [0.4, 0.5) is 0 Å². The van der Waals surface area contributed by atoms with E-state index in [1.807, 2.05) is 0 Å². The molecule has 0 aliphatic rings. The minimum Gasteiger partial charge on any atom is -0.229 e. The second kappa shape index (κ2) is 6.37. The van der Waals surface area contributed by atoms with Crippen molar-refractivity contribution in [2.45, 2.75) is 12.8 Å². The molecule has 0 atom stereocenters. The summed E-state index contributed by atoms with van der Waals surface area (Å²) in [4.78, 5) is 7.64. The van der Waals surface area contributed by atoms with E-state index >= 15 is 0 Å². The molecule has 0 fully saturated rings. The summed E-state index contributed by atoms with van der Waals surface area (Å²) in [5, 5.41) is 0.135. The highest BCUT2D eigenvalue weighted by Crippen LogP contribution is 2.04. The maximum absolute atomic E-state index is 11.5. The highest BCUT2D eigenvalue weighted by Gasteiger charge is 2.11. The molecule has 0 saturated heterocycles. The minimum atomic E-state index is -3.04. The molecule has 0 amide bonds. The number of alkyl halides is 1. The lowest BCUT2D eigenvalue weighted by molar-refractivity contribution is 0.593. The van der Waals surface area contributed by atoms with E-state index in [1.54, 1.807) is 6.07 Å². The van der Waals surface area contributed by atoms with Crippen LogP contribution in [0.25, 0.3) is 0 Å². The van der Waals surface area contributed by atoms with Crippen LogP contribution in [0, 0.1) is 0 Å². The highest BCUT2D eigenvalue weighted by molar-refractivity contribution is 7.91. The lowest BCUT2D eigenvalue weighted by atomic mass is 10.3. The third kappa shape index (κ3) is 5.09. The molecule has 0 aromatic carbocycles. The maximum atomic E-state index is 11.5. The Morgan fingerprint density at radius 1 is 1.31 bits per heavy atom. The Bertz CT molecular complexity index is 437. The van der Waals surface area contributed by atoms with Crippen molar-refractivity contribution >= 4 is 33.0 Å². The van der Waals surface area contributed by atoms with Crippen molar-refractivity contribution in [3.05, 3.63) is 23.2 Å². The average molecular weight is 283 g/mol. The Morgan fingerprint density at radius 2 is 2.06 bits per heavy atom. The van der Waals surface area contributed by atoms with E-state index in [0.29, 0.717) is 24.4 Å². The van der Waals surface area contributed by atoms with E-state index in [2.05, 4.69) is 9.97 Å². The number of nitrogens with zero attached hydrogens (tertiary/aromatic N) is 2. The molecule has 0 N–H and O–H groups in total. The first-order valence-electron chi connectivity index (χ1n) is 4.77. The summed E-state index contributed by atoms with van der Waals surface area (Å²) in [6.07, 6.45) is 2.34. The van der Waals surface area contributed by atoms with Gasteiger partial charge in [-0.2, -0.15) is 0 Å².